The van der Waals surface area contributed by atoms with E-state index in [1.807, 2.05) is 0 Å². The Morgan fingerprint density at radius 2 is 1.53 bits per heavy atom. The molecule has 15 nitrogen and oxygen atoms in total. The maximum atomic E-state index is 13.0. The molecule has 0 aromatic heterocycles. The Morgan fingerprint density at radius 1 is 0.921 bits per heavy atom. The first-order valence-electron chi connectivity index (χ1n) is 11.7. The first kappa shape index (κ1) is 31.8. The molecule has 5 atom stereocenters. The van der Waals surface area contributed by atoms with Crippen molar-refractivity contribution in [1.29, 1.82) is 0 Å². The summed E-state index contributed by atoms with van der Waals surface area (Å²) < 4.78 is 0. The molecule has 0 spiro atoms. The van der Waals surface area contributed by atoms with Crippen LogP contribution in [0.15, 0.2) is 35.3 Å². The number of carboxylic acids is 2. The van der Waals surface area contributed by atoms with E-state index >= 15 is 0 Å². The molecule has 0 saturated heterocycles. The van der Waals surface area contributed by atoms with E-state index < -0.39 is 66.4 Å². The van der Waals surface area contributed by atoms with Gasteiger partial charge in [-0.05, 0) is 25.3 Å². The van der Waals surface area contributed by atoms with Crippen LogP contribution in [-0.4, -0.2) is 87.8 Å². The molecular weight excluding hydrogens is 502 g/mol. The number of nitrogens with zero attached hydrogens (tertiary/aromatic N) is 1. The van der Waals surface area contributed by atoms with Crippen LogP contribution < -0.4 is 33.2 Å². The smallest absolute Gasteiger partial charge is 0.326 e. The number of aliphatic hydroxyl groups excluding tert-OH is 1. The van der Waals surface area contributed by atoms with Crippen molar-refractivity contribution in [3.05, 3.63) is 35.9 Å². The molecule has 1 aromatic carbocycles. The van der Waals surface area contributed by atoms with Gasteiger partial charge < -0.3 is 48.5 Å². The van der Waals surface area contributed by atoms with Crippen molar-refractivity contribution in [2.75, 3.05) is 6.54 Å². The number of carbonyl (C=O) groups is 5. The monoisotopic (exact) mass is 537 g/mol. The highest BCUT2D eigenvalue weighted by atomic mass is 16.4. The van der Waals surface area contributed by atoms with Gasteiger partial charge in [-0.1, -0.05) is 30.3 Å². The Bertz CT molecular complexity index is 999. The zero-order valence-corrected chi connectivity index (χ0v) is 20.9. The topological polar surface area (TPSA) is 273 Å². The number of hydrogen-bond donors (Lipinski definition) is 9. The molecule has 3 amide bonds. The number of nitrogens with two attached hydrogens (primary N) is 3. The number of carboxylic acid groups (broad SMARTS) is 2. The van der Waals surface area contributed by atoms with E-state index in [-0.39, 0.29) is 31.8 Å². The van der Waals surface area contributed by atoms with Gasteiger partial charge in [0, 0.05) is 13.0 Å². The Morgan fingerprint density at radius 3 is 2.05 bits per heavy atom. The van der Waals surface area contributed by atoms with Crippen LogP contribution in [0.3, 0.4) is 0 Å². The number of aliphatic imine (C=N–C) groups is 1. The zero-order valence-electron chi connectivity index (χ0n) is 20.9. The quantitative estimate of drug-likeness (QED) is 0.0582. The minimum atomic E-state index is -1.58. The third-order valence-electron chi connectivity index (χ3n) is 5.27. The number of aliphatic hydroxyl groups is 1. The van der Waals surface area contributed by atoms with Crippen molar-refractivity contribution in [3.8, 4) is 0 Å². The van der Waals surface area contributed by atoms with E-state index in [1.165, 1.54) is 6.92 Å². The van der Waals surface area contributed by atoms with E-state index in [0.717, 1.165) is 0 Å². The second-order valence-corrected chi connectivity index (χ2v) is 8.53. The lowest BCUT2D eigenvalue weighted by Gasteiger charge is -2.26. The molecular formula is C23H35N7O8. The number of hydrogen-bond acceptors (Lipinski definition) is 8. The fourth-order valence-electron chi connectivity index (χ4n) is 3.30. The summed E-state index contributed by atoms with van der Waals surface area (Å²) in [4.78, 5) is 64.6. The highest BCUT2D eigenvalue weighted by Crippen LogP contribution is 2.06. The van der Waals surface area contributed by atoms with Crippen molar-refractivity contribution in [2.45, 2.75) is 62.9 Å². The highest BCUT2D eigenvalue weighted by Gasteiger charge is 2.33. The first-order valence-corrected chi connectivity index (χ1v) is 11.7. The molecule has 0 radical (unpaired) electrons. The van der Waals surface area contributed by atoms with E-state index in [4.69, 9.17) is 22.3 Å². The molecule has 0 aliphatic heterocycles. The lowest BCUT2D eigenvalue weighted by atomic mass is 10.0. The van der Waals surface area contributed by atoms with Crippen LogP contribution >= 0.6 is 0 Å². The maximum absolute atomic E-state index is 13.0. The molecule has 0 saturated carbocycles. The van der Waals surface area contributed by atoms with E-state index in [0.29, 0.717) is 5.56 Å². The van der Waals surface area contributed by atoms with Gasteiger partial charge in [-0.3, -0.25) is 24.2 Å². The van der Waals surface area contributed by atoms with Gasteiger partial charge in [0.15, 0.2) is 5.96 Å². The molecule has 0 aliphatic carbocycles. The van der Waals surface area contributed by atoms with Crippen LogP contribution in [0.4, 0.5) is 0 Å². The molecule has 0 aliphatic rings. The molecule has 0 fully saturated rings. The predicted octanol–water partition coefficient (Wildman–Crippen LogP) is -3.00. The number of amides is 3. The van der Waals surface area contributed by atoms with Gasteiger partial charge in [0.05, 0.1) is 18.6 Å². The number of guanidine groups is 1. The summed E-state index contributed by atoms with van der Waals surface area (Å²) >= 11 is 0. The number of nitrogens with one attached hydrogen (secondary N) is 3. The minimum absolute atomic E-state index is 0.0337. The van der Waals surface area contributed by atoms with E-state index in [9.17, 15) is 34.2 Å². The van der Waals surface area contributed by atoms with Gasteiger partial charge in [0.2, 0.25) is 17.7 Å². The van der Waals surface area contributed by atoms with Gasteiger partial charge in [0.1, 0.15) is 18.1 Å². The number of carbonyl (C=O) groups excluding carboxylic acids is 3. The van der Waals surface area contributed by atoms with Crippen LogP contribution in [0.25, 0.3) is 0 Å². The Kier molecular flexibility index (Phi) is 13.2. The summed E-state index contributed by atoms with van der Waals surface area (Å²) in [7, 11) is 0. The molecule has 38 heavy (non-hydrogen) atoms. The van der Waals surface area contributed by atoms with Crippen LogP contribution in [0, 0.1) is 0 Å². The van der Waals surface area contributed by atoms with E-state index in [1.54, 1.807) is 30.3 Å². The Labute approximate surface area is 218 Å². The summed E-state index contributed by atoms with van der Waals surface area (Å²) in [6.07, 6.45) is -2.02. The van der Waals surface area contributed by atoms with Gasteiger partial charge >= 0.3 is 11.9 Å². The summed E-state index contributed by atoms with van der Waals surface area (Å²) in [6.45, 7) is 1.32. The normalized spacial score (nSPS) is 14.6. The van der Waals surface area contributed by atoms with Crippen LogP contribution in [-0.2, 0) is 30.4 Å². The lowest BCUT2D eigenvalue weighted by molar-refractivity contribution is -0.143. The third-order valence-corrected chi connectivity index (χ3v) is 5.27. The standard InChI is InChI=1S/C23H35N7O8/c1-12(31)18(21(36)29-16(22(37)38)10-13-6-3-2-4-7-13)30-20(35)15(8-5-9-27-23(25)26)28-19(34)14(24)11-17(32)33/h2-4,6-7,12,14-16,18,31H,5,8-11,24H2,1H3,(H,28,34)(H,29,36)(H,30,35)(H,32,33)(H,37,38)(H4,25,26,27). The summed E-state index contributed by atoms with van der Waals surface area (Å²) in [5.74, 6) is -5.63. The maximum Gasteiger partial charge on any atom is 0.326 e. The van der Waals surface area contributed by atoms with Gasteiger partial charge in [-0.2, -0.15) is 0 Å². The SMILES string of the molecule is CC(O)C(NC(=O)C(CCCN=C(N)N)NC(=O)C(N)CC(=O)O)C(=O)NC(Cc1ccccc1)C(=O)O. The number of benzene rings is 1. The highest BCUT2D eigenvalue weighted by molar-refractivity contribution is 5.95. The minimum Gasteiger partial charge on any atom is -0.481 e. The van der Waals surface area contributed by atoms with Gasteiger partial charge in [-0.15, -0.1) is 0 Å². The zero-order chi connectivity index (χ0) is 28.8. The van der Waals surface area contributed by atoms with Crippen molar-refractivity contribution >= 4 is 35.6 Å². The molecule has 0 heterocycles. The van der Waals surface area contributed by atoms with Gasteiger partial charge in [-0.25, -0.2) is 4.79 Å². The average Bonchev–Trinajstić information content (AvgIpc) is 2.83. The second kappa shape index (κ2) is 15.8. The number of rotatable bonds is 16. The molecule has 1 aromatic rings. The van der Waals surface area contributed by atoms with Crippen molar-refractivity contribution in [3.63, 3.8) is 0 Å². The fourth-order valence-corrected chi connectivity index (χ4v) is 3.30. The van der Waals surface area contributed by atoms with Crippen molar-refractivity contribution in [1.82, 2.24) is 16.0 Å². The van der Waals surface area contributed by atoms with Crippen molar-refractivity contribution < 1.29 is 39.3 Å². The van der Waals surface area contributed by atoms with Crippen molar-refractivity contribution in [2.24, 2.45) is 22.2 Å². The molecule has 210 valence electrons. The largest absolute Gasteiger partial charge is 0.481 e. The molecule has 1 rings (SSSR count). The summed E-state index contributed by atoms with van der Waals surface area (Å²) in [5.41, 5.74) is 16.7. The predicted molar refractivity (Wildman–Crippen MR) is 135 cm³/mol. The Hall–Kier alpha value is -4.24. The lowest BCUT2D eigenvalue weighted by Crippen LogP contribution is -2.60. The molecule has 12 N–H and O–H groups in total. The molecule has 0 bridgehead atoms. The number of aliphatic carboxylic acids is 2. The Balaban J connectivity index is 3.00. The average molecular weight is 538 g/mol. The van der Waals surface area contributed by atoms with Gasteiger partial charge in [0.25, 0.3) is 0 Å². The molecule has 5 unspecified atom stereocenters. The fraction of sp³-hybridized carbons (Fsp3) is 0.478. The second-order valence-electron chi connectivity index (χ2n) is 8.53. The third kappa shape index (κ3) is 11.7. The van der Waals surface area contributed by atoms with Crippen LogP contribution in [0.5, 0.6) is 0 Å². The van der Waals surface area contributed by atoms with E-state index in [2.05, 4.69) is 20.9 Å². The van der Waals surface area contributed by atoms with Crippen LogP contribution in [0.1, 0.15) is 31.7 Å². The summed E-state index contributed by atoms with van der Waals surface area (Å²) in [6, 6.07) is 2.84. The summed E-state index contributed by atoms with van der Waals surface area (Å²) in [5, 5.41) is 35.5. The first-order chi connectivity index (χ1) is 17.8. The molecule has 15 heteroatoms. The van der Waals surface area contributed by atoms with Crippen LogP contribution in [0.2, 0.25) is 0 Å².